The Labute approximate surface area is 86.1 Å². The summed E-state index contributed by atoms with van der Waals surface area (Å²) >= 11 is 5.45. The molecule has 1 atom stereocenters. The monoisotopic (exact) mass is 215 g/mol. The summed E-state index contributed by atoms with van der Waals surface area (Å²) in [6.45, 7) is 0. The maximum Gasteiger partial charge on any atom is 0.211 e. The molecule has 1 unspecified atom stereocenters. The molecule has 0 saturated heterocycles. The van der Waals surface area contributed by atoms with Crippen molar-refractivity contribution in [1.82, 2.24) is 0 Å². The average Bonchev–Trinajstić information content (AvgIpc) is 2.20. The Morgan fingerprint density at radius 2 is 2.29 bits per heavy atom. The van der Waals surface area contributed by atoms with Gasteiger partial charge in [0.05, 0.1) is 17.7 Å². The van der Waals surface area contributed by atoms with Crippen LogP contribution in [0.25, 0.3) is 0 Å². The fraction of sp³-hybridized carbons (Fsp3) is 0.222. The van der Waals surface area contributed by atoms with Gasteiger partial charge >= 0.3 is 0 Å². The number of hydrogen-bond donors (Lipinski definition) is 3. The Balaban J connectivity index is 2.99. The Morgan fingerprint density at radius 1 is 1.57 bits per heavy atom. The SMILES string of the molecule is O=CNc1cc(C(O)CCl)ccc1O. The molecule has 1 aromatic rings. The van der Waals surface area contributed by atoms with E-state index in [9.17, 15) is 15.0 Å². The number of carbonyl (C=O) groups is 1. The first-order valence-corrected chi connectivity index (χ1v) is 4.49. The first-order chi connectivity index (χ1) is 6.69. The van der Waals surface area contributed by atoms with Crippen molar-refractivity contribution in [3.05, 3.63) is 23.8 Å². The van der Waals surface area contributed by atoms with Gasteiger partial charge in [-0.25, -0.2) is 0 Å². The highest BCUT2D eigenvalue weighted by Gasteiger charge is 2.08. The van der Waals surface area contributed by atoms with E-state index in [0.29, 0.717) is 12.0 Å². The maximum absolute atomic E-state index is 10.2. The number of rotatable bonds is 4. The van der Waals surface area contributed by atoms with Gasteiger partial charge in [0.25, 0.3) is 0 Å². The number of anilines is 1. The van der Waals surface area contributed by atoms with E-state index in [1.807, 2.05) is 0 Å². The fourth-order valence-electron chi connectivity index (χ4n) is 1.03. The third-order valence-corrected chi connectivity index (χ3v) is 2.06. The normalized spacial score (nSPS) is 12.1. The lowest BCUT2D eigenvalue weighted by Crippen LogP contribution is -2.01. The van der Waals surface area contributed by atoms with E-state index in [2.05, 4.69) is 5.32 Å². The number of alkyl halides is 1. The van der Waals surface area contributed by atoms with Crippen molar-refractivity contribution in [2.24, 2.45) is 0 Å². The highest BCUT2D eigenvalue weighted by molar-refractivity contribution is 6.18. The first kappa shape index (κ1) is 10.8. The molecule has 0 aliphatic rings. The Morgan fingerprint density at radius 3 is 2.86 bits per heavy atom. The molecule has 5 heteroatoms. The fourth-order valence-corrected chi connectivity index (χ4v) is 1.21. The predicted octanol–water partition coefficient (Wildman–Crippen LogP) is 1.23. The number of phenolic OH excluding ortho intramolecular Hbond substituents is 1. The van der Waals surface area contributed by atoms with Gasteiger partial charge < -0.3 is 15.5 Å². The molecule has 0 bridgehead atoms. The second-order valence-corrected chi connectivity index (χ2v) is 3.02. The van der Waals surface area contributed by atoms with Gasteiger partial charge in [0.1, 0.15) is 5.75 Å². The Kier molecular flexibility index (Phi) is 3.73. The van der Waals surface area contributed by atoms with Gasteiger partial charge in [-0.05, 0) is 17.7 Å². The second-order valence-electron chi connectivity index (χ2n) is 2.71. The smallest absolute Gasteiger partial charge is 0.211 e. The lowest BCUT2D eigenvalue weighted by molar-refractivity contribution is -0.105. The van der Waals surface area contributed by atoms with Crippen molar-refractivity contribution in [3.63, 3.8) is 0 Å². The molecule has 0 heterocycles. The molecule has 3 N–H and O–H groups in total. The maximum atomic E-state index is 10.2. The summed E-state index contributed by atoms with van der Waals surface area (Å²) in [7, 11) is 0. The minimum absolute atomic E-state index is 0.0531. The van der Waals surface area contributed by atoms with Crippen LogP contribution in [0.4, 0.5) is 5.69 Å². The van der Waals surface area contributed by atoms with E-state index >= 15 is 0 Å². The summed E-state index contributed by atoms with van der Waals surface area (Å²) in [4.78, 5) is 10.2. The van der Waals surface area contributed by atoms with Crippen LogP contribution in [-0.2, 0) is 4.79 Å². The summed E-state index contributed by atoms with van der Waals surface area (Å²) in [5, 5.41) is 21.0. The molecule has 0 radical (unpaired) electrons. The quantitative estimate of drug-likeness (QED) is 0.402. The third kappa shape index (κ3) is 2.37. The van der Waals surface area contributed by atoms with Gasteiger partial charge in [-0.3, -0.25) is 4.79 Å². The van der Waals surface area contributed by atoms with Crippen LogP contribution in [0.2, 0.25) is 0 Å². The number of amides is 1. The summed E-state index contributed by atoms with van der Waals surface area (Å²) in [6.07, 6.45) is -0.351. The molecule has 4 nitrogen and oxygen atoms in total. The summed E-state index contributed by atoms with van der Waals surface area (Å²) in [5.41, 5.74) is 0.795. The van der Waals surface area contributed by atoms with Crippen LogP contribution in [0, 0.1) is 0 Å². The molecule has 14 heavy (non-hydrogen) atoms. The molecule has 0 aliphatic carbocycles. The van der Waals surface area contributed by atoms with Crippen molar-refractivity contribution in [1.29, 1.82) is 0 Å². The molecule has 0 saturated carbocycles. The van der Waals surface area contributed by atoms with Crippen molar-refractivity contribution in [3.8, 4) is 5.75 Å². The highest BCUT2D eigenvalue weighted by atomic mass is 35.5. The first-order valence-electron chi connectivity index (χ1n) is 3.96. The van der Waals surface area contributed by atoms with Crippen molar-refractivity contribution in [2.75, 3.05) is 11.2 Å². The number of hydrogen-bond acceptors (Lipinski definition) is 3. The zero-order valence-corrected chi connectivity index (χ0v) is 8.03. The lowest BCUT2D eigenvalue weighted by atomic mass is 10.1. The molecular weight excluding hydrogens is 206 g/mol. The number of aliphatic hydroxyl groups is 1. The number of benzene rings is 1. The molecule has 0 aliphatic heterocycles. The average molecular weight is 216 g/mol. The van der Waals surface area contributed by atoms with Crippen LogP contribution in [0.1, 0.15) is 11.7 Å². The van der Waals surface area contributed by atoms with Gasteiger partial charge in [0.2, 0.25) is 6.41 Å². The standard InChI is InChI=1S/C9H10ClNO3/c10-4-9(14)6-1-2-8(13)7(3-6)11-5-12/h1-3,5,9,13-14H,4H2,(H,11,12). The number of aliphatic hydroxyl groups excluding tert-OH is 1. The van der Waals surface area contributed by atoms with Crippen LogP contribution in [0.15, 0.2) is 18.2 Å². The summed E-state index contributed by atoms with van der Waals surface area (Å²) < 4.78 is 0. The van der Waals surface area contributed by atoms with E-state index < -0.39 is 6.10 Å². The zero-order chi connectivity index (χ0) is 10.6. The lowest BCUT2D eigenvalue weighted by Gasteiger charge is -2.09. The van der Waals surface area contributed by atoms with Crippen LogP contribution in [0.3, 0.4) is 0 Å². The number of nitrogens with one attached hydrogen (secondary N) is 1. The largest absolute Gasteiger partial charge is 0.506 e. The van der Waals surface area contributed by atoms with Gasteiger partial charge in [0, 0.05) is 0 Å². The van der Waals surface area contributed by atoms with Crippen LogP contribution in [-0.4, -0.2) is 22.5 Å². The Hall–Kier alpha value is -1.26. The molecule has 1 rings (SSSR count). The molecule has 1 amide bonds. The van der Waals surface area contributed by atoms with E-state index in [1.54, 1.807) is 6.07 Å². The second kappa shape index (κ2) is 4.83. The van der Waals surface area contributed by atoms with E-state index in [-0.39, 0.29) is 17.3 Å². The van der Waals surface area contributed by atoms with E-state index in [1.165, 1.54) is 12.1 Å². The van der Waals surface area contributed by atoms with Gasteiger partial charge in [-0.15, -0.1) is 11.6 Å². The molecular formula is C9H10ClNO3. The highest BCUT2D eigenvalue weighted by Crippen LogP contribution is 2.26. The van der Waals surface area contributed by atoms with Crippen molar-refractivity contribution >= 4 is 23.7 Å². The van der Waals surface area contributed by atoms with Crippen LogP contribution >= 0.6 is 11.6 Å². The molecule has 0 aromatic heterocycles. The number of phenols is 1. The topological polar surface area (TPSA) is 69.6 Å². The minimum atomic E-state index is -0.801. The number of aromatic hydroxyl groups is 1. The van der Waals surface area contributed by atoms with Crippen molar-refractivity contribution < 1.29 is 15.0 Å². The van der Waals surface area contributed by atoms with Crippen LogP contribution < -0.4 is 5.32 Å². The number of carbonyl (C=O) groups excluding carboxylic acids is 1. The molecule has 0 spiro atoms. The molecule has 76 valence electrons. The number of halogens is 1. The Bertz CT molecular complexity index is 330. The van der Waals surface area contributed by atoms with Gasteiger partial charge in [-0.2, -0.15) is 0 Å². The summed E-state index contributed by atoms with van der Waals surface area (Å²) in [5.74, 6) is 0.00769. The van der Waals surface area contributed by atoms with Crippen LogP contribution in [0.5, 0.6) is 5.75 Å². The molecule has 1 aromatic carbocycles. The molecule has 0 fully saturated rings. The van der Waals surface area contributed by atoms with E-state index in [4.69, 9.17) is 11.6 Å². The van der Waals surface area contributed by atoms with Gasteiger partial charge in [0.15, 0.2) is 0 Å². The predicted molar refractivity (Wildman–Crippen MR) is 53.5 cm³/mol. The van der Waals surface area contributed by atoms with E-state index in [0.717, 1.165) is 0 Å². The third-order valence-electron chi connectivity index (χ3n) is 1.77. The van der Waals surface area contributed by atoms with Crippen molar-refractivity contribution in [2.45, 2.75) is 6.10 Å². The zero-order valence-electron chi connectivity index (χ0n) is 7.27. The summed E-state index contributed by atoms with van der Waals surface area (Å²) in [6, 6.07) is 4.39. The van der Waals surface area contributed by atoms with Gasteiger partial charge in [-0.1, -0.05) is 6.07 Å². The minimum Gasteiger partial charge on any atom is -0.506 e.